The number of fused-ring (bicyclic) bond motifs is 1. The summed E-state index contributed by atoms with van der Waals surface area (Å²) in [5, 5.41) is 0.104. The third-order valence-electron chi connectivity index (χ3n) is 3.38. The van der Waals surface area contributed by atoms with Gasteiger partial charge in [-0.1, -0.05) is 18.5 Å². The van der Waals surface area contributed by atoms with E-state index >= 15 is 0 Å². The van der Waals surface area contributed by atoms with Crippen molar-refractivity contribution < 1.29 is 4.39 Å². The number of nitrogen functional groups attached to an aromatic ring is 1. The number of aromatic nitrogens is 2. The van der Waals surface area contributed by atoms with Crippen LogP contribution in [0.5, 0.6) is 0 Å². The predicted molar refractivity (Wildman–Crippen MR) is 84.4 cm³/mol. The lowest BCUT2D eigenvalue weighted by molar-refractivity contribution is 0.627. The first-order chi connectivity index (χ1) is 10.1. The van der Waals surface area contributed by atoms with Crippen LogP contribution in [0.15, 0.2) is 36.4 Å². The summed E-state index contributed by atoms with van der Waals surface area (Å²) in [6.07, 6.45) is 1.79. The number of anilines is 1. The molecule has 2 aromatic carbocycles. The van der Waals surface area contributed by atoms with Crippen LogP contribution in [0, 0.1) is 5.82 Å². The number of hydrogen-bond acceptors (Lipinski definition) is 2. The van der Waals surface area contributed by atoms with Gasteiger partial charge in [-0.05, 0) is 42.8 Å². The van der Waals surface area contributed by atoms with E-state index in [-0.39, 0.29) is 5.02 Å². The standard InChI is InChI=1S/C16H15ClFN3/c1-2-3-16-20-14-8-10(19)4-7-15(14)21(16)11-5-6-13(18)12(17)9-11/h4-9H,2-3,19H2,1H3. The molecule has 0 fully saturated rings. The maximum atomic E-state index is 13.4. The molecule has 0 aliphatic carbocycles. The van der Waals surface area contributed by atoms with E-state index in [0.29, 0.717) is 5.69 Å². The quantitative estimate of drug-likeness (QED) is 0.731. The van der Waals surface area contributed by atoms with Crippen LogP contribution in [0.2, 0.25) is 5.02 Å². The molecule has 3 aromatic rings. The molecule has 108 valence electrons. The molecule has 3 nitrogen and oxygen atoms in total. The van der Waals surface area contributed by atoms with Crippen LogP contribution in [0.3, 0.4) is 0 Å². The van der Waals surface area contributed by atoms with Crippen molar-refractivity contribution in [2.75, 3.05) is 5.73 Å². The Kier molecular flexibility index (Phi) is 3.55. The Balaban J connectivity index is 2.27. The fourth-order valence-electron chi connectivity index (χ4n) is 2.45. The van der Waals surface area contributed by atoms with Crippen molar-refractivity contribution in [3.63, 3.8) is 0 Å². The first-order valence-corrected chi connectivity index (χ1v) is 7.20. The molecule has 3 rings (SSSR count). The van der Waals surface area contributed by atoms with Crippen molar-refractivity contribution in [1.29, 1.82) is 0 Å². The first kappa shape index (κ1) is 13.9. The Morgan fingerprint density at radius 3 is 2.76 bits per heavy atom. The molecule has 0 aliphatic rings. The molecule has 5 heteroatoms. The second-order valence-corrected chi connectivity index (χ2v) is 5.37. The van der Waals surface area contributed by atoms with Gasteiger partial charge in [0.05, 0.1) is 16.1 Å². The van der Waals surface area contributed by atoms with Crippen molar-refractivity contribution in [3.05, 3.63) is 53.1 Å². The number of hydrogen-bond donors (Lipinski definition) is 1. The van der Waals surface area contributed by atoms with Crippen LogP contribution in [-0.2, 0) is 6.42 Å². The molecular formula is C16H15ClFN3. The molecule has 0 saturated carbocycles. The second kappa shape index (κ2) is 5.37. The molecule has 0 bridgehead atoms. The first-order valence-electron chi connectivity index (χ1n) is 6.82. The van der Waals surface area contributed by atoms with E-state index in [9.17, 15) is 4.39 Å². The van der Waals surface area contributed by atoms with Gasteiger partial charge < -0.3 is 5.73 Å². The van der Waals surface area contributed by atoms with Gasteiger partial charge >= 0.3 is 0 Å². The summed E-state index contributed by atoms with van der Waals surface area (Å²) >= 11 is 5.91. The van der Waals surface area contributed by atoms with Gasteiger partial charge in [-0.15, -0.1) is 0 Å². The minimum atomic E-state index is -0.425. The molecular weight excluding hydrogens is 289 g/mol. The fraction of sp³-hybridized carbons (Fsp3) is 0.188. The Morgan fingerprint density at radius 2 is 2.05 bits per heavy atom. The highest BCUT2D eigenvalue weighted by Crippen LogP contribution is 2.26. The van der Waals surface area contributed by atoms with Gasteiger partial charge in [0, 0.05) is 17.8 Å². The van der Waals surface area contributed by atoms with E-state index in [1.165, 1.54) is 6.07 Å². The fourth-order valence-corrected chi connectivity index (χ4v) is 2.63. The number of nitrogens with zero attached hydrogens (tertiary/aromatic N) is 2. The van der Waals surface area contributed by atoms with Crippen molar-refractivity contribution in [1.82, 2.24) is 9.55 Å². The zero-order chi connectivity index (χ0) is 15.0. The summed E-state index contributed by atoms with van der Waals surface area (Å²) < 4.78 is 15.4. The smallest absolute Gasteiger partial charge is 0.141 e. The van der Waals surface area contributed by atoms with E-state index in [0.717, 1.165) is 35.4 Å². The zero-order valence-corrected chi connectivity index (χ0v) is 12.4. The summed E-state index contributed by atoms with van der Waals surface area (Å²) in [4.78, 5) is 4.64. The number of rotatable bonds is 3. The van der Waals surface area contributed by atoms with Crippen molar-refractivity contribution in [2.45, 2.75) is 19.8 Å². The molecule has 0 unspecified atom stereocenters. The third kappa shape index (κ3) is 2.47. The lowest BCUT2D eigenvalue weighted by Gasteiger charge is -2.09. The highest BCUT2D eigenvalue weighted by molar-refractivity contribution is 6.30. The van der Waals surface area contributed by atoms with Crippen LogP contribution >= 0.6 is 11.6 Å². The monoisotopic (exact) mass is 303 g/mol. The van der Waals surface area contributed by atoms with E-state index in [2.05, 4.69) is 11.9 Å². The Bertz CT molecular complexity index is 811. The minimum absolute atomic E-state index is 0.104. The number of imidazole rings is 1. The van der Waals surface area contributed by atoms with Gasteiger partial charge in [-0.25, -0.2) is 9.37 Å². The van der Waals surface area contributed by atoms with Gasteiger partial charge in [0.2, 0.25) is 0 Å². The molecule has 21 heavy (non-hydrogen) atoms. The van der Waals surface area contributed by atoms with Gasteiger partial charge in [0.15, 0.2) is 0 Å². The lowest BCUT2D eigenvalue weighted by Crippen LogP contribution is -2.01. The van der Waals surface area contributed by atoms with Crippen molar-refractivity contribution in [3.8, 4) is 5.69 Å². The molecule has 1 aromatic heterocycles. The largest absolute Gasteiger partial charge is 0.399 e. The molecule has 0 aliphatic heterocycles. The second-order valence-electron chi connectivity index (χ2n) is 4.96. The molecule has 0 saturated heterocycles. The highest BCUT2D eigenvalue weighted by Gasteiger charge is 2.13. The van der Waals surface area contributed by atoms with Gasteiger partial charge in [-0.3, -0.25) is 4.57 Å². The molecule has 1 heterocycles. The van der Waals surface area contributed by atoms with Crippen LogP contribution in [-0.4, -0.2) is 9.55 Å². The molecule has 0 radical (unpaired) electrons. The van der Waals surface area contributed by atoms with E-state index < -0.39 is 5.82 Å². The SMILES string of the molecule is CCCc1nc2cc(N)ccc2n1-c1ccc(F)c(Cl)c1. The molecule has 0 atom stereocenters. The maximum Gasteiger partial charge on any atom is 0.141 e. The van der Waals surface area contributed by atoms with Crippen LogP contribution < -0.4 is 5.73 Å². The van der Waals surface area contributed by atoms with Gasteiger partial charge in [0.25, 0.3) is 0 Å². The molecule has 2 N–H and O–H groups in total. The summed E-state index contributed by atoms with van der Waals surface area (Å²) in [6.45, 7) is 2.09. The molecule has 0 spiro atoms. The Morgan fingerprint density at radius 1 is 1.24 bits per heavy atom. The topological polar surface area (TPSA) is 43.8 Å². The van der Waals surface area contributed by atoms with E-state index in [1.54, 1.807) is 12.1 Å². The zero-order valence-electron chi connectivity index (χ0n) is 11.6. The van der Waals surface area contributed by atoms with Gasteiger partial charge in [-0.2, -0.15) is 0 Å². The van der Waals surface area contributed by atoms with E-state index in [4.69, 9.17) is 17.3 Å². The summed E-state index contributed by atoms with van der Waals surface area (Å²) in [5.74, 6) is 0.492. The highest BCUT2D eigenvalue weighted by atomic mass is 35.5. The maximum absolute atomic E-state index is 13.4. The lowest BCUT2D eigenvalue weighted by atomic mass is 10.2. The average molecular weight is 304 g/mol. The number of aryl methyl sites for hydroxylation is 1. The van der Waals surface area contributed by atoms with Crippen LogP contribution in [0.1, 0.15) is 19.2 Å². The Labute approximate surface area is 127 Å². The average Bonchev–Trinajstić information content (AvgIpc) is 2.79. The number of benzene rings is 2. The predicted octanol–water partition coefficient (Wildman–Crippen LogP) is 4.35. The Hall–Kier alpha value is -2.07. The van der Waals surface area contributed by atoms with Crippen molar-refractivity contribution >= 4 is 28.3 Å². The van der Waals surface area contributed by atoms with Crippen LogP contribution in [0.4, 0.5) is 10.1 Å². The summed E-state index contributed by atoms with van der Waals surface area (Å²) in [5.41, 5.74) is 9.07. The molecule has 0 amide bonds. The van der Waals surface area contributed by atoms with Crippen LogP contribution in [0.25, 0.3) is 16.7 Å². The van der Waals surface area contributed by atoms with Crippen molar-refractivity contribution in [2.24, 2.45) is 0 Å². The normalized spacial score (nSPS) is 11.2. The number of halogens is 2. The minimum Gasteiger partial charge on any atom is -0.399 e. The number of nitrogens with two attached hydrogens (primary N) is 1. The summed E-state index contributed by atoms with van der Waals surface area (Å²) in [6, 6.07) is 10.3. The summed E-state index contributed by atoms with van der Waals surface area (Å²) in [7, 11) is 0. The van der Waals surface area contributed by atoms with Gasteiger partial charge in [0.1, 0.15) is 11.6 Å². The third-order valence-corrected chi connectivity index (χ3v) is 3.67. The van der Waals surface area contributed by atoms with E-state index in [1.807, 2.05) is 22.8 Å².